The van der Waals surface area contributed by atoms with Gasteiger partial charge < -0.3 is 23.9 Å². The molecule has 1 N–H and O–H groups in total. The van der Waals surface area contributed by atoms with Crippen molar-refractivity contribution in [3.63, 3.8) is 0 Å². The molecule has 1 aromatic heterocycles. The number of aryl methyl sites for hydroxylation is 1. The number of rotatable bonds is 5. The van der Waals surface area contributed by atoms with Gasteiger partial charge in [-0.1, -0.05) is 0 Å². The van der Waals surface area contributed by atoms with Gasteiger partial charge in [0.1, 0.15) is 18.1 Å². The van der Waals surface area contributed by atoms with Gasteiger partial charge in [-0.3, -0.25) is 4.79 Å². The molecule has 0 unspecified atom stereocenters. The topological polar surface area (TPSA) is 69.9 Å². The quantitative estimate of drug-likeness (QED) is 0.854. The summed E-state index contributed by atoms with van der Waals surface area (Å²) in [4.78, 5) is 11.8. The van der Waals surface area contributed by atoms with Gasteiger partial charge in [-0.25, -0.2) is 0 Å². The van der Waals surface area contributed by atoms with Gasteiger partial charge in [0.15, 0.2) is 11.5 Å². The van der Waals surface area contributed by atoms with E-state index in [1.54, 1.807) is 31.2 Å². The second kappa shape index (κ2) is 5.78. The highest BCUT2D eigenvalue weighted by molar-refractivity contribution is 5.94. The number of benzene rings is 1. The van der Waals surface area contributed by atoms with Crippen LogP contribution in [0.25, 0.3) is 0 Å². The minimum absolute atomic E-state index is 0.171. The Hall–Kier alpha value is -2.63. The average Bonchev–Trinajstić information content (AvgIpc) is 3.11. The van der Waals surface area contributed by atoms with Gasteiger partial charge >= 0.3 is 0 Å². The Morgan fingerprint density at radius 2 is 2.14 bits per heavy atom. The zero-order valence-electron chi connectivity index (χ0n) is 11.5. The van der Waals surface area contributed by atoms with Crippen molar-refractivity contribution >= 4 is 5.91 Å². The Morgan fingerprint density at radius 3 is 2.95 bits per heavy atom. The maximum atomic E-state index is 11.8. The summed E-state index contributed by atoms with van der Waals surface area (Å²) in [5.74, 6) is 2.49. The van der Waals surface area contributed by atoms with Crippen LogP contribution in [-0.4, -0.2) is 25.9 Å². The maximum Gasteiger partial charge on any atom is 0.254 e. The van der Waals surface area contributed by atoms with E-state index >= 15 is 0 Å². The van der Waals surface area contributed by atoms with Crippen LogP contribution >= 0.6 is 0 Å². The minimum atomic E-state index is -0.171. The summed E-state index contributed by atoms with van der Waals surface area (Å²) in [7, 11) is 0. The summed E-state index contributed by atoms with van der Waals surface area (Å²) in [6, 6.07) is 7.01. The van der Waals surface area contributed by atoms with Gasteiger partial charge in [0.05, 0.1) is 18.4 Å². The lowest BCUT2D eigenvalue weighted by Gasteiger charge is -2.08. The van der Waals surface area contributed by atoms with Crippen LogP contribution in [-0.2, 0) is 0 Å². The molecule has 0 bridgehead atoms. The third-order valence-electron chi connectivity index (χ3n) is 3.10. The summed E-state index contributed by atoms with van der Waals surface area (Å²) >= 11 is 0. The van der Waals surface area contributed by atoms with Crippen LogP contribution in [0.15, 0.2) is 34.9 Å². The molecule has 0 radical (unpaired) electrons. The lowest BCUT2D eigenvalue weighted by molar-refractivity contribution is 0.0945. The number of fused-ring (bicyclic) bond motifs is 1. The van der Waals surface area contributed by atoms with Gasteiger partial charge in [-0.2, -0.15) is 0 Å². The smallest absolute Gasteiger partial charge is 0.254 e. The summed E-state index contributed by atoms with van der Waals surface area (Å²) < 4.78 is 21.1. The molecule has 0 spiro atoms. The first-order valence-corrected chi connectivity index (χ1v) is 6.59. The second-order valence-corrected chi connectivity index (χ2v) is 4.51. The zero-order chi connectivity index (χ0) is 14.7. The molecule has 6 nitrogen and oxygen atoms in total. The van der Waals surface area contributed by atoms with Gasteiger partial charge in [0.25, 0.3) is 5.91 Å². The third kappa shape index (κ3) is 2.94. The monoisotopic (exact) mass is 289 g/mol. The highest BCUT2D eigenvalue weighted by Gasteiger charge is 2.14. The number of furan rings is 1. The highest BCUT2D eigenvalue weighted by Crippen LogP contribution is 2.34. The fourth-order valence-electron chi connectivity index (χ4n) is 2.02. The van der Waals surface area contributed by atoms with Crippen molar-refractivity contribution < 1.29 is 23.4 Å². The second-order valence-electron chi connectivity index (χ2n) is 4.51. The van der Waals surface area contributed by atoms with Crippen molar-refractivity contribution in [3.8, 4) is 17.2 Å². The standard InChI is InChI=1S/C15H15NO5/c1-10-12(4-6-18-10)15(17)16-5-7-19-11-2-3-13-14(8-11)21-9-20-13/h2-4,6,8H,5,7,9H2,1H3,(H,16,17). The molecule has 0 saturated carbocycles. The van der Waals surface area contributed by atoms with E-state index in [-0.39, 0.29) is 12.7 Å². The van der Waals surface area contributed by atoms with Gasteiger partial charge in [-0.15, -0.1) is 0 Å². The lowest BCUT2D eigenvalue weighted by Crippen LogP contribution is -2.28. The molecule has 6 heteroatoms. The van der Waals surface area contributed by atoms with E-state index in [9.17, 15) is 4.79 Å². The van der Waals surface area contributed by atoms with Crippen molar-refractivity contribution in [1.29, 1.82) is 0 Å². The van der Waals surface area contributed by atoms with Crippen molar-refractivity contribution in [2.24, 2.45) is 0 Å². The number of ether oxygens (including phenoxy) is 3. The molecule has 1 amide bonds. The summed E-state index contributed by atoms with van der Waals surface area (Å²) in [5, 5.41) is 2.77. The van der Waals surface area contributed by atoms with E-state index < -0.39 is 0 Å². The van der Waals surface area contributed by atoms with Gasteiger partial charge in [0, 0.05) is 6.07 Å². The fraction of sp³-hybridized carbons (Fsp3) is 0.267. The Balaban J connectivity index is 1.46. The van der Waals surface area contributed by atoms with E-state index in [0.29, 0.717) is 41.7 Å². The molecular weight excluding hydrogens is 274 g/mol. The molecular formula is C15H15NO5. The molecule has 1 aromatic carbocycles. The van der Waals surface area contributed by atoms with Crippen LogP contribution in [0.5, 0.6) is 17.2 Å². The predicted molar refractivity (Wildman–Crippen MR) is 73.8 cm³/mol. The van der Waals surface area contributed by atoms with Crippen LogP contribution in [0.4, 0.5) is 0 Å². The molecule has 110 valence electrons. The molecule has 0 fully saturated rings. The number of hydrogen-bond acceptors (Lipinski definition) is 5. The van der Waals surface area contributed by atoms with E-state index in [1.807, 2.05) is 0 Å². The van der Waals surface area contributed by atoms with Crippen molar-refractivity contribution in [2.75, 3.05) is 19.9 Å². The molecule has 0 aliphatic carbocycles. The van der Waals surface area contributed by atoms with E-state index in [4.69, 9.17) is 18.6 Å². The normalized spacial score (nSPS) is 12.2. The Kier molecular flexibility index (Phi) is 3.68. The molecule has 1 aliphatic rings. The Labute approximate surface area is 121 Å². The van der Waals surface area contributed by atoms with E-state index in [2.05, 4.69) is 5.32 Å². The molecule has 2 aromatic rings. The van der Waals surface area contributed by atoms with Crippen LogP contribution in [0.3, 0.4) is 0 Å². The number of nitrogens with one attached hydrogen (secondary N) is 1. The molecule has 3 rings (SSSR count). The zero-order valence-corrected chi connectivity index (χ0v) is 11.5. The molecule has 21 heavy (non-hydrogen) atoms. The average molecular weight is 289 g/mol. The van der Waals surface area contributed by atoms with Crippen LogP contribution < -0.4 is 19.5 Å². The first kappa shape index (κ1) is 13.4. The first-order valence-electron chi connectivity index (χ1n) is 6.59. The van der Waals surface area contributed by atoms with E-state index in [0.717, 1.165) is 0 Å². The summed E-state index contributed by atoms with van der Waals surface area (Å²) in [5.41, 5.74) is 0.540. The minimum Gasteiger partial charge on any atom is -0.492 e. The lowest BCUT2D eigenvalue weighted by atomic mass is 10.2. The van der Waals surface area contributed by atoms with Crippen LogP contribution in [0.2, 0.25) is 0 Å². The fourth-order valence-corrected chi connectivity index (χ4v) is 2.02. The third-order valence-corrected chi connectivity index (χ3v) is 3.10. The number of carbonyl (C=O) groups is 1. The summed E-state index contributed by atoms with van der Waals surface area (Å²) in [6.45, 7) is 2.75. The van der Waals surface area contributed by atoms with E-state index in [1.165, 1.54) is 6.26 Å². The highest BCUT2D eigenvalue weighted by atomic mass is 16.7. The first-order chi connectivity index (χ1) is 10.2. The predicted octanol–water partition coefficient (Wildman–Crippen LogP) is 2.13. The van der Waals surface area contributed by atoms with Crippen molar-refractivity contribution in [2.45, 2.75) is 6.92 Å². The number of hydrogen-bond donors (Lipinski definition) is 1. The maximum absolute atomic E-state index is 11.8. The van der Waals surface area contributed by atoms with Gasteiger partial charge in [-0.05, 0) is 25.1 Å². The van der Waals surface area contributed by atoms with Crippen molar-refractivity contribution in [1.82, 2.24) is 5.32 Å². The SMILES string of the molecule is Cc1occc1C(=O)NCCOc1ccc2c(c1)OCO2. The molecule has 0 atom stereocenters. The number of carbonyl (C=O) groups excluding carboxylic acids is 1. The van der Waals surface area contributed by atoms with Gasteiger partial charge in [0.2, 0.25) is 6.79 Å². The molecule has 2 heterocycles. The van der Waals surface area contributed by atoms with Crippen molar-refractivity contribution in [3.05, 3.63) is 41.9 Å². The molecule has 1 aliphatic heterocycles. The van der Waals surface area contributed by atoms with Crippen LogP contribution in [0, 0.1) is 6.92 Å². The summed E-state index contributed by atoms with van der Waals surface area (Å²) in [6.07, 6.45) is 1.49. The molecule has 0 saturated heterocycles. The Morgan fingerprint density at radius 1 is 1.29 bits per heavy atom. The largest absolute Gasteiger partial charge is 0.492 e. The number of amides is 1. The van der Waals surface area contributed by atoms with Crippen LogP contribution in [0.1, 0.15) is 16.1 Å². The Bertz CT molecular complexity index is 649.